The van der Waals surface area contributed by atoms with Crippen LogP contribution < -0.4 is 10.1 Å². The summed E-state index contributed by atoms with van der Waals surface area (Å²) in [4.78, 5) is 72.7. The zero-order valence-corrected chi connectivity index (χ0v) is 40.0. The number of Topliss-reactive ketones (excluding diaryl/α,β-unsaturated/α-hetero) is 2. The summed E-state index contributed by atoms with van der Waals surface area (Å²) in [5.74, 6) is -9.61. The standard InChI is InChI=1S/C51H20F4N8O7S4/c52-29-11-25-27(13-31(29)54)38(64)36(33(25)23(15-56)16-57)60-49-62-45-42(73-49)35-41(71-45)43-40(70-51(35,47(66)68-19-21-7-3-1-4-8-21)48(67)69-20-22-9-5-2-6-10-22)44-46(72-43)63-50(74-44)61-37-34(24(17-58)18-59)26-12-30(53)32(55)14-28(26)39(37)65/h1-14,36H,19-20H2,(H,60,62)/b61-37-. The van der Waals surface area contributed by atoms with Gasteiger partial charge in [-0.05, 0) is 41.0 Å². The van der Waals surface area contributed by atoms with Gasteiger partial charge in [-0.1, -0.05) is 83.3 Å². The first kappa shape index (κ1) is 47.1. The predicted molar refractivity (Wildman–Crippen MR) is 261 cm³/mol. The van der Waals surface area contributed by atoms with Crippen LogP contribution in [0.3, 0.4) is 0 Å². The van der Waals surface area contributed by atoms with Gasteiger partial charge in [-0.15, -0.1) is 22.7 Å². The molecular formula is C51H20F4N8O7S4. The molecule has 4 aromatic heterocycles. The molecule has 1 aliphatic heterocycles. The Bertz CT molecular complexity index is 4050. The summed E-state index contributed by atoms with van der Waals surface area (Å²) in [5, 5.41) is 42.2. The molecule has 1 atom stereocenters. The number of thiazole rings is 2. The largest absolute Gasteiger partial charge is 0.457 e. The number of hydrogen-bond donors (Lipinski definition) is 1. The van der Waals surface area contributed by atoms with E-state index >= 15 is 9.59 Å². The molecule has 4 aromatic carbocycles. The van der Waals surface area contributed by atoms with Gasteiger partial charge in [0.15, 0.2) is 39.9 Å². The third kappa shape index (κ3) is 7.41. The summed E-state index contributed by atoms with van der Waals surface area (Å²) in [5.41, 5.74) is -5.09. The highest BCUT2D eigenvalue weighted by atomic mass is 32.1. The summed E-state index contributed by atoms with van der Waals surface area (Å²) >= 11 is 3.69. The van der Waals surface area contributed by atoms with E-state index in [2.05, 4.69) is 15.3 Å². The molecule has 0 saturated carbocycles. The average molecular weight is 1060 g/mol. The van der Waals surface area contributed by atoms with E-state index in [4.69, 9.17) is 19.2 Å². The number of nitrogens with one attached hydrogen (secondary N) is 1. The Labute approximate surface area is 428 Å². The van der Waals surface area contributed by atoms with E-state index in [0.29, 0.717) is 34.2 Å². The van der Waals surface area contributed by atoms with Gasteiger partial charge in [0.1, 0.15) is 74.8 Å². The van der Waals surface area contributed by atoms with Gasteiger partial charge in [-0.2, -0.15) is 21.0 Å². The van der Waals surface area contributed by atoms with Crippen molar-refractivity contribution in [3.8, 4) is 39.8 Å². The summed E-state index contributed by atoms with van der Waals surface area (Å²) in [6.45, 7) is -0.700. The van der Waals surface area contributed by atoms with E-state index in [1.165, 1.54) is 0 Å². The minimum atomic E-state index is -2.80. The van der Waals surface area contributed by atoms with E-state index in [1.807, 2.05) is 0 Å². The molecule has 358 valence electrons. The third-order valence-electron chi connectivity index (χ3n) is 11.9. The molecule has 0 saturated heterocycles. The second-order valence-corrected chi connectivity index (χ2v) is 20.1. The summed E-state index contributed by atoms with van der Waals surface area (Å²) in [6, 6.07) is 25.0. The first-order chi connectivity index (χ1) is 35.8. The first-order valence-electron chi connectivity index (χ1n) is 21.3. The van der Waals surface area contributed by atoms with Gasteiger partial charge < -0.3 is 19.5 Å². The first-order valence-corrected chi connectivity index (χ1v) is 24.6. The van der Waals surface area contributed by atoms with Crippen molar-refractivity contribution in [2.45, 2.75) is 24.9 Å². The number of nitriles is 4. The Morgan fingerprint density at radius 2 is 1.22 bits per heavy atom. The Morgan fingerprint density at radius 3 is 1.81 bits per heavy atom. The molecular weight excluding hydrogens is 1040 g/mol. The zero-order chi connectivity index (χ0) is 51.7. The molecule has 0 radical (unpaired) electrons. The second-order valence-electron chi connectivity index (χ2n) is 16.1. The van der Waals surface area contributed by atoms with E-state index < -0.39 is 75.3 Å². The van der Waals surface area contributed by atoms with Crippen molar-refractivity contribution in [2.24, 2.45) is 4.99 Å². The highest BCUT2D eigenvalue weighted by Gasteiger charge is 2.60. The fraction of sp³-hybridized carbons (Fsp3) is 0.0784. The Kier molecular flexibility index (Phi) is 11.5. The van der Waals surface area contributed by atoms with Gasteiger partial charge in [-0.3, -0.25) is 9.59 Å². The normalized spacial score (nSPS) is 15.3. The van der Waals surface area contributed by atoms with Gasteiger partial charge in [0.25, 0.3) is 0 Å². The van der Waals surface area contributed by atoms with E-state index in [-0.39, 0.29) is 92.1 Å². The van der Waals surface area contributed by atoms with Gasteiger partial charge in [-0.25, -0.2) is 42.1 Å². The Morgan fingerprint density at radius 1 is 0.676 bits per heavy atom. The van der Waals surface area contributed by atoms with Crippen molar-refractivity contribution in [3.05, 3.63) is 158 Å². The van der Waals surface area contributed by atoms with E-state index in [0.717, 1.165) is 51.4 Å². The van der Waals surface area contributed by atoms with E-state index in [1.54, 1.807) is 84.9 Å². The van der Waals surface area contributed by atoms with Gasteiger partial charge in [0.2, 0.25) is 10.9 Å². The van der Waals surface area contributed by atoms with Crippen LogP contribution >= 0.6 is 45.3 Å². The predicted octanol–water partition coefficient (Wildman–Crippen LogP) is 10.6. The maximum absolute atomic E-state index is 15.2. The molecule has 3 aliphatic rings. The number of nitrogens with zero attached hydrogens (tertiary/aromatic N) is 7. The molecule has 0 fully saturated rings. The molecule has 1 unspecified atom stereocenters. The maximum atomic E-state index is 15.2. The highest BCUT2D eigenvalue weighted by molar-refractivity contribution is 7.35. The summed E-state index contributed by atoms with van der Waals surface area (Å²) < 4.78 is 77.1. The topological polar surface area (TPSA) is 241 Å². The monoisotopic (exact) mass is 1060 g/mol. The number of ether oxygens (including phenoxy) is 3. The van der Waals surface area contributed by atoms with Crippen molar-refractivity contribution >= 4 is 115 Å². The van der Waals surface area contributed by atoms with Crippen LogP contribution in [0, 0.1) is 68.6 Å². The smallest absolute Gasteiger partial charge is 0.367 e. The number of aliphatic imine (C=N–C) groups is 1. The molecule has 0 bridgehead atoms. The second kappa shape index (κ2) is 18.1. The number of hydrogen-bond acceptors (Lipinski definition) is 19. The number of esters is 2. The fourth-order valence-corrected chi connectivity index (χ4v) is 13.4. The molecule has 5 heterocycles. The van der Waals surface area contributed by atoms with Crippen molar-refractivity contribution in [1.29, 1.82) is 21.0 Å². The minimum Gasteiger partial charge on any atom is -0.457 e. The SMILES string of the molecule is N#CC(C#N)=C1/C(=N/c2nc3sc4c(c3s2)OC(C(=O)OCc2ccccc2)(C(=O)OCc2ccccc2)c2c-4sc3nc(NC4C(=O)c5cc(F)c(F)cc5C4=C(C#N)C#N)sc23)C(=O)c2cc(F)c(F)cc21. The van der Waals surface area contributed by atoms with Crippen LogP contribution in [0.15, 0.2) is 101 Å². The van der Waals surface area contributed by atoms with Crippen LogP contribution in [-0.2, 0) is 37.9 Å². The molecule has 11 rings (SSSR count). The van der Waals surface area contributed by atoms with Crippen molar-refractivity contribution < 1.29 is 51.0 Å². The van der Waals surface area contributed by atoms with Crippen LogP contribution in [0.2, 0.25) is 0 Å². The van der Waals surface area contributed by atoms with Gasteiger partial charge >= 0.3 is 17.5 Å². The number of carbonyl (C=O) groups is 4. The van der Waals surface area contributed by atoms with E-state index in [9.17, 15) is 48.2 Å². The molecule has 1 N–H and O–H groups in total. The van der Waals surface area contributed by atoms with Gasteiger partial charge in [0.05, 0.1) is 20.0 Å². The van der Waals surface area contributed by atoms with Crippen LogP contribution in [0.4, 0.5) is 27.8 Å². The number of thiophene rings is 2. The number of carbonyl (C=O) groups excluding carboxylic acids is 4. The number of aromatic nitrogens is 2. The fourth-order valence-electron chi connectivity index (χ4n) is 8.60. The van der Waals surface area contributed by atoms with Crippen molar-refractivity contribution in [3.63, 3.8) is 0 Å². The lowest BCUT2D eigenvalue weighted by molar-refractivity contribution is -0.183. The maximum Gasteiger partial charge on any atom is 0.367 e. The number of rotatable bonds is 9. The molecule has 2 aliphatic carbocycles. The summed E-state index contributed by atoms with van der Waals surface area (Å²) in [7, 11) is 0. The number of ketones is 2. The quantitative estimate of drug-likeness (QED) is 0.0612. The highest BCUT2D eigenvalue weighted by Crippen LogP contribution is 2.61. The minimum absolute atomic E-state index is 0.0417. The van der Waals surface area contributed by atoms with Crippen molar-refractivity contribution in [1.82, 2.24) is 9.97 Å². The number of anilines is 1. The number of benzene rings is 4. The van der Waals surface area contributed by atoms with Crippen molar-refractivity contribution in [2.75, 3.05) is 5.32 Å². The number of allylic oxidation sites excluding steroid dienone is 3. The molecule has 23 heteroatoms. The lowest BCUT2D eigenvalue weighted by atomic mass is 9.91. The molecule has 15 nitrogen and oxygen atoms in total. The Hall–Kier alpha value is -9.23. The molecule has 74 heavy (non-hydrogen) atoms. The number of halogens is 4. The average Bonchev–Trinajstić information content (AvgIpc) is 4.27. The number of fused-ring (bicyclic) bond motifs is 9. The Balaban J connectivity index is 1.08. The lowest BCUT2D eigenvalue weighted by Gasteiger charge is -2.33. The van der Waals surface area contributed by atoms with Crippen LogP contribution in [0.5, 0.6) is 5.75 Å². The third-order valence-corrected chi connectivity index (χ3v) is 16.4. The van der Waals surface area contributed by atoms with Crippen LogP contribution in [0.25, 0.3) is 40.0 Å². The molecule has 0 spiro atoms. The van der Waals surface area contributed by atoms with Crippen LogP contribution in [0.1, 0.15) is 48.5 Å². The molecule has 0 amide bonds. The van der Waals surface area contributed by atoms with Gasteiger partial charge in [0, 0.05) is 27.8 Å². The molecule has 8 aromatic rings. The summed E-state index contributed by atoms with van der Waals surface area (Å²) in [6.07, 6.45) is 0. The zero-order valence-electron chi connectivity index (χ0n) is 36.7. The van der Waals surface area contributed by atoms with Crippen LogP contribution in [-0.4, -0.2) is 45.2 Å². The lowest BCUT2D eigenvalue weighted by Crippen LogP contribution is -2.52.